The highest BCUT2D eigenvalue weighted by Gasteiger charge is 2.19. The molecule has 0 saturated heterocycles. The van der Waals surface area contributed by atoms with Crippen LogP contribution in [0.4, 0.5) is 0 Å². The minimum atomic E-state index is -0.0531. The van der Waals surface area contributed by atoms with Crippen molar-refractivity contribution in [1.82, 2.24) is 5.32 Å². The molecule has 2 unspecified atom stereocenters. The van der Waals surface area contributed by atoms with E-state index in [2.05, 4.69) is 67.7 Å². The molecule has 180 valence electrons. The van der Waals surface area contributed by atoms with Crippen molar-refractivity contribution in [1.29, 1.82) is 0 Å². The van der Waals surface area contributed by atoms with Crippen LogP contribution in [0.1, 0.15) is 50.7 Å². The van der Waals surface area contributed by atoms with Crippen molar-refractivity contribution in [2.45, 2.75) is 64.5 Å². The Balaban J connectivity index is 0.00000480. The van der Waals surface area contributed by atoms with Gasteiger partial charge in [-0.3, -0.25) is 4.79 Å². The first-order valence-corrected chi connectivity index (χ1v) is 11.3. The lowest BCUT2D eigenvalue weighted by molar-refractivity contribution is -0.125. The lowest BCUT2D eigenvalue weighted by Crippen LogP contribution is -2.41. The number of rotatable bonds is 13. The Morgan fingerprint density at radius 3 is 1.69 bits per heavy atom. The number of aryl methyl sites for hydroxylation is 2. The van der Waals surface area contributed by atoms with Gasteiger partial charge in [-0.2, -0.15) is 0 Å². The van der Waals surface area contributed by atoms with Crippen LogP contribution < -0.4 is 16.8 Å². The van der Waals surface area contributed by atoms with Crippen LogP contribution in [0.25, 0.3) is 0 Å². The third-order valence-corrected chi connectivity index (χ3v) is 5.88. The monoisotopic (exact) mass is 481 g/mol. The van der Waals surface area contributed by atoms with E-state index in [4.69, 9.17) is 11.5 Å². The molecule has 0 aliphatic rings. The van der Waals surface area contributed by atoms with Crippen molar-refractivity contribution >= 4 is 30.7 Å². The van der Waals surface area contributed by atoms with Crippen molar-refractivity contribution in [3.8, 4) is 0 Å². The maximum Gasteiger partial charge on any atom is 0.223 e. The van der Waals surface area contributed by atoms with Crippen molar-refractivity contribution < 1.29 is 4.79 Å². The summed E-state index contributed by atoms with van der Waals surface area (Å²) in [6.07, 6.45) is 5.22. The Bertz CT molecular complexity index is 685. The lowest BCUT2D eigenvalue weighted by atomic mass is 9.92. The molecule has 0 saturated carbocycles. The zero-order chi connectivity index (χ0) is 21.8. The van der Waals surface area contributed by atoms with Crippen LogP contribution in [0.5, 0.6) is 0 Å². The normalized spacial score (nSPS) is 12.6. The Labute approximate surface area is 206 Å². The second-order valence-corrected chi connectivity index (χ2v) is 8.74. The minimum Gasteiger partial charge on any atom is -0.354 e. The number of nitrogens with two attached hydrogens (primary N) is 2. The standard InChI is InChI=1S/C26H39N3O.2ClH/c1-20(2)25(28)18-17-24(27)19-29-26(30)23(15-13-21-9-5-3-6-10-21)16-14-22-11-7-4-8-12-22;;/h3-12,20,23-25H,13-19,27-28H2,1-2H3,(H,29,30);2*1H. The molecule has 0 aliphatic carbocycles. The molecule has 5 N–H and O–H groups in total. The molecule has 0 spiro atoms. The molecule has 0 aromatic heterocycles. The highest BCUT2D eigenvalue weighted by molar-refractivity contribution is 5.85. The SMILES string of the molecule is CC(C)C(N)CCC(N)CNC(=O)C(CCc1ccccc1)CCc1ccccc1.Cl.Cl. The van der Waals surface area contributed by atoms with E-state index in [0.29, 0.717) is 12.5 Å². The predicted molar refractivity (Wildman–Crippen MR) is 141 cm³/mol. The topological polar surface area (TPSA) is 81.1 Å². The van der Waals surface area contributed by atoms with Gasteiger partial charge in [0.1, 0.15) is 0 Å². The van der Waals surface area contributed by atoms with Crippen LogP contribution in [0.15, 0.2) is 60.7 Å². The van der Waals surface area contributed by atoms with Crippen LogP contribution in [-0.2, 0) is 17.6 Å². The van der Waals surface area contributed by atoms with Crippen molar-refractivity contribution in [3.63, 3.8) is 0 Å². The molecule has 0 fully saturated rings. The molecule has 0 radical (unpaired) electrons. The number of hydrogen-bond donors (Lipinski definition) is 3. The van der Waals surface area contributed by atoms with Crippen molar-refractivity contribution in [3.05, 3.63) is 71.8 Å². The first-order chi connectivity index (χ1) is 14.5. The summed E-state index contributed by atoms with van der Waals surface area (Å²) in [4.78, 5) is 12.9. The zero-order valence-corrected chi connectivity index (χ0v) is 21.0. The van der Waals surface area contributed by atoms with Crippen molar-refractivity contribution in [2.24, 2.45) is 23.3 Å². The zero-order valence-electron chi connectivity index (χ0n) is 19.4. The van der Waals surface area contributed by atoms with Gasteiger partial charge in [0.05, 0.1) is 0 Å². The fraction of sp³-hybridized carbons (Fsp3) is 0.500. The number of hydrogen-bond acceptors (Lipinski definition) is 3. The van der Waals surface area contributed by atoms with Gasteiger partial charge < -0.3 is 16.8 Å². The van der Waals surface area contributed by atoms with Gasteiger partial charge >= 0.3 is 0 Å². The van der Waals surface area contributed by atoms with E-state index in [1.807, 2.05) is 12.1 Å². The lowest BCUT2D eigenvalue weighted by Gasteiger charge is -2.21. The van der Waals surface area contributed by atoms with E-state index >= 15 is 0 Å². The third-order valence-electron chi connectivity index (χ3n) is 5.88. The number of halogens is 2. The van der Waals surface area contributed by atoms with Crippen LogP contribution in [0.3, 0.4) is 0 Å². The van der Waals surface area contributed by atoms with Gasteiger partial charge in [0, 0.05) is 24.5 Å². The second kappa shape index (κ2) is 17.0. The predicted octanol–water partition coefficient (Wildman–Crippen LogP) is 4.92. The molecule has 0 heterocycles. The summed E-state index contributed by atoms with van der Waals surface area (Å²) < 4.78 is 0. The number of amides is 1. The molecule has 4 nitrogen and oxygen atoms in total. The van der Waals surface area contributed by atoms with Gasteiger partial charge in [-0.25, -0.2) is 0 Å². The quantitative estimate of drug-likeness (QED) is 0.379. The molecule has 1 amide bonds. The van der Waals surface area contributed by atoms with E-state index < -0.39 is 0 Å². The molecule has 2 aromatic carbocycles. The summed E-state index contributed by atoms with van der Waals surface area (Å²) in [6.45, 7) is 4.76. The average Bonchev–Trinajstić information content (AvgIpc) is 2.77. The van der Waals surface area contributed by atoms with Crippen molar-refractivity contribution in [2.75, 3.05) is 6.54 Å². The molecule has 0 aliphatic heterocycles. The first kappa shape index (κ1) is 30.4. The van der Waals surface area contributed by atoms with Gasteiger partial charge in [-0.1, -0.05) is 74.5 Å². The van der Waals surface area contributed by atoms with Gasteiger partial charge in [-0.05, 0) is 55.6 Å². The largest absolute Gasteiger partial charge is 0.354 e. The second-order valence-electron chi connectivity index (χ2n) is 8.74. The summed E-state index contributed by atoms with van der Waals surface area (Å²) in [7, 11) is 0. The highest BCUT2D eigenvalue weighted by atomic mass is 35.5. The van der Waals surface area contributed by atoms with E-state index in [9.17, 15) is 4.79 Å². The Morgan fingerprint density at radius 1 is 0.781 bits per heavy atom. The van der Waals surface area contributed by atoms with Crippen LogP contribution in [-0.4, -0.2) is 24.5 Å². The fourth-order valence-corrected chi connectivity index (χ4v) is 3.60. The molecule has 2 aromatic rings. The molecule has 2 atom stereocenters. The first-order valence-electron chi connectivity index (χ1n) is 11.3. The molecular weight excluding hydrogens is 441 g/mol. The van der Waals surface area contributed by atoms with E-state index in [0.717, 1.165) is 38.5 Å². The highest BCUT2D eigenvalue weighted by Crippen LogP contribution is 2.17. The smallest absolute Gasteiger partial charge is 0.223 e. The number of carbonyl (C=O) groups is 1. The Kier molecular flexibility index (Phi) is 16.1. The van der Waals surface area contributed by atoms with Gasteiger partial charge in [-0.15, -0.1) is 24.8 Å². The summed E-state index contributed by atoms with van der Waals surface area (Å²) in [5, 5.41) is 3.10. The summed E-state index contributed by atoms with van der Waals surface area (Å²) >= 11 is 0. The van der Waals surface area contributed by atoms with E-state index in [-0.39, 0.29) is 48.7 Å². The molecular formula is C26H41Cl2N3O. The average molecular weight is 483 g/mol. The number of carbonyl (C=O) groups excluding carboxylic acids is 1. The Morgan fingerprint density at radius 2 is 1.25 bits per heavy atom. The number of benzene rings is 2. The van der Waals surface area contributed by atoms with Gasteiger partial charge in [0.15, 0.2) is 0 Å². The summed E-state index contributed by atoms with van der Waals surface area (Å²) in [5.41, 5.74) is 14.9. The Hall–Kier alpha value is -1.59. The van der Waals surface area contributed by atoms with E-state index in [1.54, 1.807) is 0 Å². The molecule has 2 rings (SSSR count). The van der Waals surface area contributed by atoms with E-state index in [1.165, 1.54) is 11.1 Å². The summed E-state index contributed by atoms with van der Waals surface area (Å²) in [5.74, 6) is 0.549. The maximum atomic E-state index is 12.9. The molecule has 0 bridgehead atoms. The maximum absolute atomic E-state index is 12.9. The minimum absolute atomic E-state index is 0. The summed E-state index contributed by atoms with van der Waals surface area (Å²) in [6, 6.07) is 20.9. The van der Waals surface area contributed by atoms with Crippen LogP contribution in [0, 0.1) is 11.8 Å². The van der Waals surface area contributed by atoms with Crippen LogP contribution in [0.2, 0.25) is 0 Å². The molecule has 32 heavy (non-hydrogen) atoms. The molecule has 6 heteroatoms. The number of nitrogens with one attached hydrogen (secondary N) is 1. The third kappa shape index (κ3) is 11.9. The van der Waals surface area contributed by atoms with Crippen LogP contribution >= 0.6 is 24.8 Å². The van der Waals surface area contributed by atoms with Gasteiger partial charge in [0.2, 0.25) is 5.91 Å². The fourth-order valence-electron chi connectivity index (χ4n) is 3.60. The van der Waals surface area contributed by atoms with Gasteiger partial charge in [0.25, 0.3) is 0 Å².